The predicted molar refractivity (Wildman–Crippen MR) is 76.8 cm³/mol. The topological polar surface area (TPSA) is 37.8 Å². The first-order chi connectivity index (χ1) is 7.43. The summed E-state index contributed by atoms with van der Waals surface area (Å²) < 4.78 is 0. The lowest BCUT2D eigenvalue weighted by Crippen LogP contribution is -2.26. The van der Waals surface area contributed by atoms with E-state index in [1.165, 1.54) is 17.8 Å². The fourth-order valence-electron chi connectivity index (χ4n) is 2.03. The lowest BCUT2D eigenvalue weighted by molar-refractivity contribution is 0.459. The second kappa shape index (κ2) is 6.50. The minimum Gasteiger partial charge on any atom is -0.317 e. The predicted octanol–water partition coefficient (Wildman–Crippen LogP) is 3.00. The third-order valence-electron chi connectivity index (χ3n) is 2.87. The van der Waals surface area contributed by atoms with E-state index in [1.54, 1.807) is 11.3 Å². The monoisotopic (exact) mass is 291 g/mol. The molecule has 1 aliphatic heterocycles. The van der Waals surface area contributed by atoms with Crippen LogP contribution in [0.1, 0.15) is 23.8 Å². The minimum absolute atomic E-state index is 0. The molecule has 17 heavy (non-hydrogen) atoms. The highest BCUT2D eigenvalue weighted by molar-refractivity contribution is 7.18. The molecular formula is C11H15Cl2N3S. The van der Waals surface area contributed by atoms with Gasteiger partial charge in [-0.1, -0.05) is 11.3 Å². The molecule has 1 aliphatic rings. The highest BCUT2D eigenvalue weighted by atomic mass is 35.5. The summed E-state index contributed by atoms with van der Waals surface area (Å²) in [6.45, 7) is 2.24. The summed E-state index contributed by atoms with van der Waals surface area (Å²) in [5.41, 5.74) is 1.05. The van der Waals surface area contributed by atoms with Crippen molar-refractivity contribution in [3.8, 4) is 0 Å². The molecule has 0 spiro atoms. The van der Waals surface area contributed by atoms with Gasteiger partial charge < -0.3 is 5.32 Å². The van der Waals surface area contributed by atoms with E-state index in [0.717, 1.165) is 23.4 Å². The van der Waals surface area contributed by atoms with E-state index < -0.39 is 0 Å². The highest BCUT2D eigenvalue weighted by Crippen LogP contribution is 2.31. The van der Waals surface area contributed by atoms with Crippen LogP contribution in [0.2, 0.25) is 0 Å². The van der Waals surface area contributed by atoms with Crippen molar-refractivity contribution >= 4 is 46.5 Å². The van der Waals surface area contributed by atoms with Gasteiger partial charge in [0.15, 0.2) is 0 Å². The average Bonchev–Trinajstić information content (AvgIpc) is 2.74. The molecule has 0 aliphatic carbocycles. The summed E-state index contributed by atoms with van der Waals surface area (Å²) in [4.78, 5) is 10.1. The summed E-state index contributed by atoms with van der Waals surface area (Å²) in [6.07, 6.45) is 4.26. The normalized spacial score (nSPS) is 16.2. The molecule has 1 N–H and O–H groups in total. The number of piperidine rings is 1. The average molecular weight is 292 g/mol. The van der Waals surface area contributed by atoms with Crippen LogP contribution in [0, 0.1) is 0 Å². The van der Waals surface area contributed by atoms with E-state index in [2.05, 4.69) is 15.3 Å². The Morgan fingerprint density at radius 1 is 1.24 bits per heavy atom. The summed E-state index contributed by atoms with van der Waals surface area (Å²) in [5.74, 6) is 0.644. The number of hydrogen-bond acceptors (Lipinski definition) is 4. The first-order valence-corrected chi connectivity index (χ1v) is 6.17. The zero-order chi connectivity index (χ0) is 10.1. The highest BCUT2D eigenvalue weighted by Gasteiger charge is 2.18. The molecule has 0 unspecified atom stereocenters. The maximum atomic E-state index is 4.66. The molecule has 0 saturated carbocycles. The fourth-order valence-corrected chi connectivity index (χ4v) is 3.11. The standard InChI is InChI=1S/C11H13N3S.2ClH/c1-2-9-11(13-5-1)15-10(14-9)8-3-6-12-7-4-8;;/h1-2,5,8,12H,3-4,6-7H2;2*1H. The van der Waals surface area contributed by atoms with Crippen LogP contribution in [0.25, 0.3) is 10.3 Å². The third kappa shape index (κ3) is 3.07. The Morgan fingerprint density at radius 3 is 2.71 bits per heavy atom. The van der Waals surface area contributed by atoms with Gasteiger partial charge in [0.05, 0.1) is 5.01 Å². The molecule has 1 fully saturated rings. The first kappa shape index (κ1) is 14.6. The van der Waals surface area contributed by atoms with Gasteiger partial charge in [0.1, 0.15) is 10.3 Å². The number of thiazole rings is 1. The van der Waals surface area contributed by atoms with Gasteiger partial charge in [0, 0.05) is 12.1 Å². The quantitative estimate of drug-likeness (QED) is 0.878. The number of nitrogens with one attached hydrogen (secondary N) is 1. The largest absolute Gasteiger partial charge is 0.317 e. The smallest absolute Gasteiger partial charge is 0.143 e. The fraction of sp³-hybridized carbons (Fsp3) is 0.455. The molecule has 1 saturated heterocycles. The number of aromatic nitrogens is 2. The summed E-state index contributed by atoms with van der Waals surface area (Å²) >= 11 is 1.75. The number of hydrogen-bond donors (Lipinski definition) is 1. The van der Waals surface area contributed by atoms with Crippen molar-refractivity contribution in [1.82, 2.24) is 15.3 Å². The lowest BCUT2D eigenvalue weighted by Gasteiger charge is -2.20. The van der Waals surface area contributed by atoms with Crippen molar-refractivity contribution in [2.24, 2.45) is 0 Å². The van der Waals surface area contributed by atoms with Gasteiger partial charge in [0.25, 0.3) is 0 Å². The van der Waals surface area contributed by atoms with E-state index >= 15 is 0 Å². The number of pyridine rings is 1. The van der Waals surface area contributed by atoms with E-state index in [1.807, 2.05) is 18.3 Å². The maximum Gasteiger partial charge on any atom is 0.143 e. The molecule has 6 heteroatoms. The second-order valence-electron chi connectivity index (χ2n) is 3.90. The molecule has 0 amide bonds. The van der Waals surface area contributed by atoms with E-state index in [9.17, 15) is 0 Å². The number of rotatable bonds is 1. The van der Waals surface area contributed by atoms with E-state index in [0.29, 0.717) is 5.92 Å². The Kier molecular flexibility index (Phi) is 5.59. The molecule has 2 aromatic heterocycles. The van der Waals surface area contributed by atoms with Crippen LogP contribution in [0.5, 0.6) is 0 Å². The molecule has 0 aromatic carbocycles. The molecule has 0 bridgehead atoms. The minimum atomic E-state index is 0. The molecule has 0 atom stereocenters. The number of nitrogens with zero attached hydrogens (tertiary/aromatic N) is 2. The van der Waals surface area contributed by atoms with Crippen molar-refractivity contribution < 1.29 is 0 Å². The number of fused-ring (bicyclic) bond motifs is 1. The van der Waals surface area contributed by atoms with Gasteiger partial charge in [0.2, 0.25) is 0 Å². The molecule has 3 nitrogen and oxygen atoms in total. The van der Waals surface area contributed by atoms with Crippen LogP contribution in [0.15, 0.2) is 18.3 Å². The van der Waals surface area contributed by atoms with Crippen molar-refractivity contribution in [3.63, 3.8) is 0 Å². The van der Waals surface area contributed by atoms with Gasteiger partial charge in [-0.05, 0) is 38.1 Å². The zero-order valence-corrected chi connectivity index (χ0v) is 11.7. The molecule has 3 rings (SSSR count). The van der Waals surface area contributed by atoms with E-state index in [-0.39, 0.29) is 24.8 Å². The molecule has 3 heterocycles. The Bertz CT molecular complexity index is 435. The molecule has 94 valence electrons. The molecule has 2 aromatic rings. The van der Waals surface area contributed by atoms with E-state index in [4.69, 9.17) is 0 Å². The van der Waals surface area contributed by atoms with Crippen molar-refractivity contribution in [2.75, 3.05) is 13.1 Å². The number of halogens is 2. The van der Waals surface area contributed by atoms with Crippen LogP contribution >= 0.6 is 36.2 Å². The van der Waals surface area contributed by atoms with Crippen LogP contribution < -0.4 is 5.32 Å². The first-order valence-electron chi connectivity index (χ1n) is 5.35. The van der Waals surface area contributed by atoms with Crippen molar-refractivity contribution in [3.05, 3.63) is 23.3 Å². The lowest BCUT2D eigenvalue weighted by atomic mass is 9.99. The van der Waals surface area contributed by atoms with Gasteiger partial charge in [-0.2, -0.15) is 0 Å². The van der Waals surface area contributed by atoms with Gasteiger partial charge in [-0.15, -0.1) is 24.8 Å². The van der Waals surface area contributed by atoms with Crippen LogP contribution in [-0.2, 0) is 0 Å². The van der Waals surface area contributed by atoms with Gasteiger partial charge in [-0.3, -0.25) is 0 Å². The maximum absolute atomic E-state index is 4.66. The Hall–Kier alpha value is -0.420. The third-order valence-corrected chi connectivity index (χ3v) is 4.01. The molecule has 0 radical (unpaired) electrons. The SMILES string of the molecule is Cl.Cl.c1cnc2sc(C3CCNCC3)nc2c1. The Labute approximate surface area is 117 Å². The van der Waals surface area contributed by atoms with Crippen LogP contribution in [0.3, 0.4) is 0 Å². The Morgan fingerprint density at radius 2 is 2.00 bits per heavy atom. The van der Waals surface area contributed by atoms with Crippen molar-refractivity contribution in [2.45, 2.75) is 18.8 Å². The van der Waals surface area contributed by atoms with Crippen LogP contribution in [0.4, 0.5) is 0 Å². The van der Waals surface area contributed by atoms with Crippen LogP contribution in [-0.4, -0.2) is 23.1 Å². The van der Waals surface area contributed by atoms with Crippen molar-refractivity contribution in [1.29, 1.82) is 0 Å². The summed E-state index contributed by atoms with van der Waals surface area (Å²) in [6, 6.07) is 4.00. The summed E-state index contributed by atoms with van der Waals surface area (Å²) in [5, 5.41) is 4.65. The second-order valence-corrected chi connectivity index (χ2v) is 4.91. The Balaban J connectivity index is 0.000000722. The summed E-state index contributed by atoms with van der Waals surface area (Å²) in [7, 11) is 0. The van der Waals surface area contributed by atoms with Gasteiger partial charge >= 0.3 is 0 Å². The van der Waals surface area contributed by atoms with Gasteiger partial charge in [-0.25, -0.2) is 9.97 Å². The molecular weight excluding hydrogens is 277 g/mol. The zero-order valence-electron chi connectivity index (χ0n) is 9.26.